The topological polar surface area (TPSA) is 202 Å². The first-order chi connectivity index (χ1) is 30.9. The maximum absolute atomic E-state index is 14.2. The average molecular weight is 879 g/mol. The number of likely N-dealkylation sites (tertiary alicyclic amines) is 2. The Morgan fingerprint density at radius 1 is 0.891 bits per heavy atom. The number of imidazole rings is 2. The molecule has 17 heteroatoms. The summed E-state index contributed by atoms with van der Waals surface area (Å²) in [5.74, 6) is 1.63. The molecule has 5 heterocycles. The van der Waals surface area contributed by atoms with E-state index < -0.39 is 30.4 Å². The first-order valence-electron chi connectivity index (χ1n) is 22.0. The minimum Gasteiger partial charge on any atom is -0.488 e. The molecule has 8 atom stereocenters. The summed E-state index contributed by atoms with van der Waals surface area (Å²) in [5.41, 5.74) is 6.43. The third kappa shape index (κ3) is 8.33. The standard InChI is InChI=1S/C47H58N8O9/c1-9-24(2)39(52-46(58)62-7)44(56)54-21-27(22-60-5)16-37(54)43-49-34-14-12-28-18-33-31-13-11-29(17-30(31)23-64-38(33)19-32(28)41(34)51-43)35-20-48-42(50-35)36-15-10-25(3)55(36)45(57)40(26(4)61-6)53-47(59)63-8/h11-14,17-20,24-27,36-37,39-40H,9-10,15-16,21-23H2,1-8H3,(H,48,50)(H,49,51)(H,52,58)(H,53,59)/t24-,25-,26+,27-,36-,37-,39?,40?/m0/s1. The van der Waals surface area contributed by atoms with E-state index in [1.165, 1.54) is 21.3 Å². The van der Waals surface area contributed by atoms with Gasteiger partial charge in [0.2, 0.25) is 11.8 Å². The number of H-pyrrole nitrogens is 2. The van der Waals surface area contributed by atoms with Crippen LogP contribution in [0.3, 0.4) is 0 Å². The molecule has 2 unspecified atom stereocenters. The number of carbonyl (C=O) groups excluding carboxylic acids is 4. The fraction of sp³-hybridized carbons (Fsp3) is 0.489. The Balaban J connectivity index is 1.05. The molecule has 0 radical (unpaired) electrons. The third-order valence-electron chi connectivity index (χ3n) is 13.4. The van der Waals surface area contributed by atoms with Crippen LogP contribution < -0.4 is 15.4 Å². The van der Waals surface area contributed by atoms with Crippen LogP contribution in [0.15, 0.2) is 48.7 Å². The lowest BCUT2D eigenvalue weighted by Crippen LogP contribution is -2.55. The first-order valence-corrected chi connectivity index (χ1v) is 22.0. The molecule has 4 amide bonds. The Morgan fingerprint density at radius 2 is 1.66 bits per heavy atom. The number of ether oxygens (including phenoxy) is 5. The van der Waals surface area contributed by atoms with Crippen molar-refractivity contribution in [3.63, 3.8) is 0 Å². The fourth-order valence-electron chi connectivity index (χ4n) is 9.60. The molecule has 2 saturated heterocycles. The van der Waals surface area contributed by atoms with Gasteiger partial charge in [0.1, 0.15) is 36.1 Å². The molecule has 64 heavy (non-hydrogen) atoms. The molecule has 340 valence electrons. The van der Waals surface area contributed by atoms with Crippen molar-refractivity contribution in [1.82, 2.24) is 40.4 Å². The van der Waals surface area contributed by atoms with Crippen LogP contribution in [0.1, 0.15) is 82.7 Å². The molecule has 3 aromatic carbocycles. The highest BCUT2D eigenvalue weighted by Crippen LogP contribution is 2.44. The summed E-state index contributed by atoms with van der Waals surface area (Å²) in [6, 6.07) is 12.1. The summed E-state index contributed by atoms with van der Waals surface area (Å²) in [5, 5.41) is 7.35. The van der Waals surface area contributed by atoms with Crippen LogP contribution in [0.2, 0.25) is 0 Å². The molecule has 4 N–H and O–H groups in total. The lowest BCUT2D eigenvalue weighted by molar-refractivity contribution is -0.139. The van der Waals surface area contributed by atoms with E-state index >= 15 is 0 Å². The molecule has 3 aliphatic heterocycles. The van der Waals surface area contributed by atoms with E-state index in [0.717, 1.165) is 61.9 Å². The maximum Gasteiger partial charge on any atom is 0.407 e. The number of nitrogens with one attached hydrogen (secondary N) is 4. The minimum atomic E-state index is -0.931. The van der Waals surface area contributed by atoms with Crippen LogP contribution in [0.4, 0.5) is 9.59 Å². The molecular weight excluding hydrogens is 821 g/mol. The van der Waals surface area contributed by atoms with E-state index in [1.54, 1.807) is 25.1 Å². The number of hydrogen-bond acceptors (Lipinski definition) is 11. The number of benzene rings is 3. The van der Waals surface area contributed by atoms with Gasteiger partial charge in [0, 0.05) is 43.7 Å². The van der Waals surface area contributed by atoms with E-state index in [4.69, 9.17) is 33.7 Å². The number of rotatable bonds is 13. The number of aromatic nitrogens is 4. The van der Waals surface area contributed by atoms with E-state index in [2.05, 4.69) is 57.0 Å². The van der Waals surface area contributed by atoms with E-state index in [-0.39, 0.29) is 41.8 Å². The van der Waals surface area contributed by atoms with Crippen LogP contribution in [-0.4, -0.2) is 120 Å². The second-order valence-electron chi connectivity index (χ2n) is 17.3. The van der Waals surface area contributed by atoms with Gasteiger partial charge in [-0.1, -0.05) is 38.5 Å². The van der Waals surface area contributed by atoms with Gasteiger partial charge in [-0.15, -0.1) is 0 Å². The van der Waals surface area contributed by atoms with Crippen LogP contribution >= 0.6 is 0 Å². The van der Waals surface area contributed by atoms with Crippen molar-refractivity contribution in [3.05, 3.63) is 65.9 Å². The molecule has 3 aliphatic rings. The lowest BCUT2D eigenvalue weighted by Gasteiger charge is -2.33. The molecule has 17 nitrogen and oxygen atoms in total. The van der Waals surface area contributed by atoms with Crippen molar-refractivity contribution >= 4 is 45.8 Å². The second kappa shape index (κ2) is 18.5. The number of nitrogens with zero attached hydrogens (tertiary/aromatic N) is 4. The second-order valence-corrected chi connectivity index (χ2v) is 17.3. The summed E-state index contributed by atoms with van der Waals surface area (Å²) in [7, 11) is 5.72. The average Bonchev–Trinajstić information content (AvgIpc) is 4.14. The molecule has 0 spiro atoms. The summed E-state index contributed by atoms with van der Waals surface area (Å²) in [4.78, 5) is 73.2. The molecule has 5 aromatic rings. The van der Waals surface area contributed by atoms with Crippen molar-refractivity contribution in [1.29, 1.82) is 0 Å². The Morgan fingerprint density at radius 3 is 2.38 bits per heavy atom. The molecule has 2 fully saturated rings. The Bertz CT molecular complexity index is 2560. The zero-order valence-electron chi connectivity index (χ0n) is 37.7. The first kappa shape index (κ1) is 44.4. The maximum atomic E-state index is 14.2. The van der Waals surface area contributed by atoms with Crippen LogP contribution in [0.5, 0.6) is 5.75 Å². The van der Waals surface area contributed by atoms with Gasteiger partial charge in [0.05, 0.1) is 61.9 Å². The third-order valence-corrected chi connectivity index (χ3v) is 13.4. The van der Waals surface area contributed by atoms with Gasteiger partial charge in [-0.25, -0.2) is 19.6 Å². The minimum absolute atomic E-state index is 0.0759. The summed E-state index contributed by atoms with van der Waals surface area (Å²) in [6.45, 7) is 9.00. The van der Waals surface area contributed by atoms with Gasteiger partial charge in [-0.3, -0.25) is 9.59 Å². The Labute approximate surface area is 371 Å². The molecular formula is C47H58N8O9. The normalized spacial score (nSPS) is 21.1. The Hall–Kier alpha value is -6.20. The number of carbonyl (C=O) groups is 4. The van der Waals surface area contributed by atoms with Crippen molar-refractivity contribution < 1.29 is 42.9 Å². The summed E-state index contributed by atoms with van der Waals surface area (Å²) >= 11 is 0. The van der Waals surface area contributed by atoms with Gasteiger partial charge in [0.15, 0.2) is 0 Å². The molecule has 8 rings (SSSR count). The van der Waals surface area contributed by atoms with Crippen LogP contribution in [0.25, 0.3) is 44.2 Å². The largest absolute Gasteiger partial charge is 0.488 e. The number of amides is 4. The number of aromatic amines is 2. The van der Waals surface area contributed by atoms with E-state index in [1.807, 2.05) is 31.7 Å². The van der Waals surface area contributed by atoms with Crippen molar-refractivity contribution in [3.8, 4) is 28.1 Å². The van der Waals surface area contributed by atoms with Gasteiger partial charge in [-0.05, 0) is 85.4 Å². The van der Waals surface area contributed by atoms with Gasteiger partial charge in [-0.2, -0.15) is 0 Å². The lowest BCUT2D eigenvalue weighted by atomic mass is 9.92. The number of methoxy groups -OCH3 is 4. The molecule has 0 aliphatic carbocycles. The monoisotopic (exact) mass is 878 g/mol. The van der Waals surface area contributed by atoms with Crippen LogP contribution in [-0.2, 0) is 35.1 Å². The summed E-state index contributed by atoms with van der Waals surface area (Å²) < 4.78 is 27.1. The number of alkyl carbamates (subject to hydrolysis) is 2. The van der Waals surface area contributed by atoms with Crippen molar-refractivity contribution in [2.45, 2.75) is 96.3 Å². The van der Waals surface area contributed by atoms with Gasteiger partial charge < -0.3 is 54.1 Å². The smallest absolute Gasteiger partial charge is 0.407 e. The van der Waals surface area contributed by atoms with Crippen molar-refractivity contribution in [2.24, 2.45) is 11.8 Å². The highest BCUT2D eigenvalue weighted by molar-refractivity contribution is 6.07. The zero-order valence-corrected chi connectivity index (χ0v) is 37.7. The molecule has 0 saturated carbocycles. The predicted octanol–water partition coefficient (Wildman–Crippen LogP) is 6.78. The number of hydrogen-bond donors (Lipinski definition) is 4. The zero-order chi connectivity index (χ0) is 45.4. The number of fused-ring (bicyclic) bond motifs is 6. The van der Waals surface area contributed by atoms with Gasteiger partial charge >= 0.3 is 12.2 Å². The van der Waals surface area contributed by atoms with Crippen molar-refractivity contribution in [2.75, 3.05) is 41.6 Å². The van der Waals surface area contributed by atoms with Crippen LogP contribution in [0, 0.1) is 11.8 Å². The van der Waals surface area contributed by atoms with Gasteiger partial charge in [0.25, 0.3) is 0 Å². The molecule has 0 bridgehead atoms. The highest BCUT2D eigenvalue weighted by Gasteiger charge is 2.43. The Kier molecular flexibility index (Phi) is 12.8. The molecule has 2 aromatic heterocycles. The quantitative estimate of drug-likeness (QED) is 0.0971. The van der Waals surface area contributed by atoms with E-state index in [9.17, 15) is 19.2 Å². The highest BCUT2D eigenvalue weighted by atomic mass is 16.5. The van der Waals surface area contributed by atoms with E-state index in [0.29, 0.717) is 50.7 Å². The predicted molar refractivity (Wildman–Crippen MR) is 238 cm³/mol. The summed E-state index contributed by atoms with van der Waals surface area (Å²) in [6.07, 6.45) is 2.71. The SMILES string of the molecule is CC[C@H](C)C(NC(=O)OC)C(=O)N1C[C@@H](COC)C[C@H]1c1nc2c(ccc3cc4c(cc32)OCc2cc(-c3cnc([C@@H]5CC[C@H](C)N5C(=O)C(NC(=O)OC)[C@@H](C)OC)[nH]3)ccc2-4)[nH]1. The fourth-order valence-corrected chi connectivity index (χ4v) is 9.60.